The van der Waals surface area contributed by atoms with Crippen LogP contribution in [0.3, 0.4) is 0 Å². The van der Waals surface area contributed by atoms with Gasteiger partial charge in [0.2, 0.25) is 5.78 Å². The molecule has 78 valence electrons. The molecule has 2 aromatic heterocycles. The molecule has 0 aliphatic rings. The minimum absolute atomic E-state index is 0.117. The van der Waals surface area contributed by atoms with Crippen molar-refractivity contribution in [2.75, 3.05) is 0 Å². The monoisotopic (exact) mass is 332 g/mol. The van der Waals surface area contributed by atoms with Crippen molar-refractivity contribution >= 4 is 37.6 Å². The lowest BCUT2D eigenvalue weighted by Crippen LogP contribution is -2.01. The van der Waals surface area contributed by atoms with Gasteiger partial charge in [-0.15, -0.1) is 0 Å². The van der Waals surface area contributed by atoms with E-state index in [4.69, 9.17) is 8.83 Å². The number of ketones is 1. The number of furan rings is 2. The van der Waals surface area contributed by atoms with Crippen molar-refractivity contribution in [3.63, 3.8) is 0 Å². The Hall–Kier alpha value is -0.810. The number of carbonyl (C=O) groups is 1. The number of hydrogen-bond donors (Lipinski definition) is 0. The van der Waals surface area contributed by atoms with E-state index < -0.39 is 0 Å². The van der Waals surface area contributed by atoms with Crippen molar-refractivity contribution in [2.24, 2.45) is 0 Å². The molecule has 0 saturated heterocycles. The average Bonchev–Trinajstić information content (AvgIpc) is 2.75. The predicted octanol–water partition coefficient (Wildman–Crippen LogP) is 3.82. The van der Waals surface area contributed by atoms with Crippen molar-refractivity contribution in [1.82, 2.24) is 0 Å². The third kappa shape index (κ3) is 2.41. The van der Waals surface area contributed by atoms with E-state index in [1.54, 1.807) is 18.2 Å². The molecule has 0 atom stereocenters. The van der Waals surface area contributed by atoms with E-state index in [-0.39, 0.29) is 12.2 Å². The van der Waals surface area contributed by atoms with Gasteiger partial charge in [-0.05, 0) is 50.1 Å². The second-order valence-electron chi connectivity index (χ2n) is 2.90. The highest BCUT2D eigenvalue weighted by molar-refractivity contribution is 9.10. The van der Waals surface area contributed by atoms with Crippen LogP contribution in [0.25, 0.3) is 0 Å². The Kier molecular flexibility index (Phi) is 3.11. The molecule has 2 heterocycles. The second-order valence-corrected chi connectivity index (χ2v) is 4.54. The Balaban J connectivity index is 2.14. The summed E-state index contributed by atoms with van der Waals surface area (Å²) < 4.78 is 11.6. The summed E-state index contributed by atoms with van der Waals surface area (Å²) in [5.41, 5.74) is 0. The summed E-state index contributed by atoms with van der Waals surface area (Å²) in [6, 6.07) is 5.18. The van der Waals surface area contributed by atoms with Crippen LogP contribution in [0, 0.1) is 0 Å². The standard InChI is InChI=1S/C10H6Br2O3/c11-7-3-4-14-10(7)8(13)5-6-1-2-9(12)15-6/h1-4H,5H2. The van der Waals surface area contributed by atoms with Crippen LogP contribution in [0.2, 0.25) is 0 Å². The smallest absolute Gasteiger partial charge is 0.206 e. The summed E-state index contributed by atoms with van der Waals surface area (Å²) in [6.07, 6.45) is 1.66. The van der Waals surface area contributed by atoms with Crippen LogP contribution >= 0.6 is 31.9 Å². The topological polar surface area (TPSA) is 43.4 Å². The molecule has 0 aliphatic heterocycles. The number of hydrogen-bond acceptors (Lipinski definition) is 3. The molecule has 0 N–H and O–H groups in total. The fourth-order valence-corrected chi connectivity index (χ4v) is 1.94. The van der Waals surface area contributed by atoms with E-state index >= 15 is 0 Å². The van der Waals surface area contributed by atoms with Crippen LogP contribution in [0.1, 0.15) is 16.3 Å². The molecular formula is C10H6Br2O3. The van der Waals surface area contributed by atoms with E-state index in [1.807, 2.05) is 0 Å². The Morgan fingerprint density at radius 1 is 1.27 bits per heavy atom. The van der Waals surface area contributed by atoms with Gasteiger partial charge in [0, 0.05) is 0 Å². The van der Waals surface area contributed by atoms with Crippen LogP contribution in [0.4, 0.5) is 0 Å². The molecule has 0 radical (unpaired) electrons. The summed E-state index contributed by atoms with van der Waals surface area (Å²) in [5.74, 6) is 0.812. The van der Waals surface area contributed by atoms with Gasteiger partial charge in [0.05, 0.1) is 17.2 Å². The van der Waals surface area contributed by atoms with Crippen molar-refractivity contribution in [1.29, 1.82) is 0 Å². The largest absolute Gasteiger partial charge is 0.460 e. The molecule has 0 aromatic carbocycles. The highest BCUT2D eigenvalue weighted by atomic mass is 79.9. The fraction of sp³-hybridized carbons (Fsp3) is 0.100. The first-order chi connectivity index (χ1) is 7.16. The molecule has 0 fully saturated rings. The van der Waals surface area contributed by atoms with Gasteiger partial charge in [-0.3, -0.25) is 4.79 Å². The Morgan fingerprint density at radius 2 is 2.07 bits per heavy atom. The summed E-state index contributed by atoms with van der Waals surface area (Å²) in [6.45, 7) is 0. The van der Waals surface area contributed by atoms with Crippen LogP contribution in [0.5, 0.6) is 0 Å². The molecule has 0 aliphatic carbocycles. The lowest BCUT2D eigenvalue weighted by molar-refractivity contribution is 0.0959. The van der Waals surface area contributed by atoms with Gasteiger partial charge < -0.3 is 8.83 Å². The molecular weight excluding hydrogens is 328 g/mol. The van der Waals surface area contributed by atoms with Crippen molar-refractivity contribution < 1.29 is 13.6 Å². The maximum atomic E-state index is 11.7. The van der Waals surface area contributed by atoms with Crippen molar-refractivity contribution in [3.05, 3.63) is 45.1 Å². The van der Waals surface area contributed by atoms with Crippen molar-refractivity contribution in [3.8, 4) is 0 Å². The lowest BCUT2D eigenvalue weighted by Gasteiger charge is -1.94. The number of halogens is 2. The summed E-state index contributed by atoms with van der Waals surface area (Å²) in [7, 11) is 0. The molecule has 2 rings (SSSR count). The Morgan fingerprint density at radius 3 is 2.60 bits per heavy atom. The first kappa shape index (κ1) is 10.7. The van der Waals surface area contributed by atoms with Crippen LogP contribution < -0.4 is 0 Å². The third-order valence-electron chi connectivity index (χ3n) is 1.83. The van der Waals surface area contributed by atoms with E-state index in [2.05, 4.69) is 31.9 Å². The summed E-state index contributed by atoms with van der Waals surface area (Å²) in [5, 5.41) is 0. The average molecular weight is 334 g/mol. The quantitative estimate of drug-likeness (QED) is 0.802. The molecule has 0 saturated carbocycles. The molecule has 3 nitrogen and oxygen atoms in total. The van der Waals surface area contributed by atoms with E-state index in [0.29, 0.717) is 20.7 Å². The normalized spacial score (nSPS) is 10.5. The minimum Gasteiger partial charge on any atom is -0.460 e. The molecule has 0 amide bonds. The highest BCUT2D eigenvalue weighted by Gasteiger charge is 2.15. The van der Waals surface area contributed by atoms with Gasteiger partial charge in [-0.2, -0.15) is 0 Å². The summed E-state index contributed by atoms with van der Waals surface area (Å²) >= 11 is 6.41. The van der Waals surface area contributed by atoms with Gasteiger partial charge in [0.25, 0.3) is 0 Å². The van der Waals surface area contributed by atoms with Gasteiger partial charge in [-0.1, -0.05) is 0 Å². The van der Waals surface area contributed by atoms with Crippen LogP contribution in [-0.4, -0.2) is 5.78 Å². The van der Waals surface area contributed by atoms with Gasteiger partial charge in [0.15, 0.2) is 10.4 Å². The third-order valence-corrected chi connectivity index (χ3v) is 2.88. The Bertz CT molecular complexity index is 484. The number of rotatable bonds is 3. The Labute approximate surface area is 103 Å². The van der Waals surface area contributed by atoms with E-state index in [1.165, 1.54) is 6.26 Å². The fourth-order valence-electron chi connectivity index (χ4n) is 1.18. The minimum atomic E-state index is -0.117. The van der Waals surface area contributed by atoms with Gasteiger partial charge in [0.1, 0.15) is 5.76 Å². The predicted molar refractivity (Wildman–Crippen MR) is 60.9 cm³/mol. The number of carbonyl (C=O) groups excluding carboxylic acids is 1. The first-order valence-corrected chi connectivity index (χ1v) is 5.76. The molecule has 0 bridgehead atoms. The summed E-state index contributed by atoms with van der Waals surface area (Å²) in [4.78, 5) is 11.7. The maximum absolute atomic E-state index is 11.7. The lowest BCUT2D eigenvalue weighted by atomic mass is 10.2. The first-order valence-electron chi connectivity index (χ1n) is 4.17. The molecule has 5 heteroatoms. The zero-order valence-corrected chi connectivity index (χ0v) is 10.7. The number of Topliss-reactive ketones (excluding diaryl/α,β-unsaturated/α-hetero) is 1. The van der Waals surface area contributed by atoms with Crippen molar-refractivity contribution in [2.45, 2.75) is 6.42 Å². The second kappa shape index (κ2) is 4.37. The van der Waals surface area contributed by atoms with Crippen LogP contribution in [0.15, 0.2) is 42.4 Å². The maximum Gasteiger partial charge on any atom is 0.206 e. The highest BCUT2D eigenvalue weighted by Crippen LogP contribution is 2.21. The van der Waals surface area contributed by atoms with Gasteiger partial charge in [-0.25, -0.2) is 0 Å². The SMILES string of the molecule is O=C(Cc1ccc(Br)o1)c1occc1Br. The molecule has 0 spiro atoms. The zero-order valence-electron chi connectivity index (χ0n) is 7.50. The van der Waals surface area contributed by atoms with E-state index in [9.17, 15) is 4.79 Å². The van der Waals surface area contributed by atoms with Gasteiger partial charge >= 0.3 is 0 Å². The molecule has 0 unspecified atom stereocenters. The van der Waals surface area contributed by atoms with E-state index in [0.717, 1.165) is 0 Å². The van der Waals surface area contributed by atoms with Crippen LogP contribution in [-0.2, 0) is 6.42 Å². The molecule has 15 heavy (non-hydrogen) atoms. The zero-order chi connectivity index (χ0) is 10.8. The molecule has 2 aromatic rings.